The van der Waals surface area contributed by atoms with Crippen molar-refractivity contribution in [3.05, 3.63) is 59.4 Å². The normalized spacial score (nSPS) is 34.2. The number of aliphatic hydroxyl groups excluding tert-OH is 3. The van der Waals surface area contributed by atoms with Crippen molar-refractivity contribution in [3.8, 4) is 0 Å². The van der Waals surface area contributed by atoms with Crippen LogP contribution in [0, 0.1) is 5.92 Å². The van der Waals surface area contributed by atoms with Gasteiger partial charge in [-0.25, -0.2) is 0 Å². The molecule has 0 bridgehead atoms. The Kier molecular flexibility index (Phi) is 4.55. The molecule has 1 aliphatic carbocycles. The Morgan fingerprint density at radius 2 is 1.90 bits per heavy atom. The van der Waals surface area contributed by atoms with E-state index in [1.807, 2.05) is 22.8 Å². The average molecular weight is 413 g/mol. The minimum absolute atomic E-state index is 0.0995. The molecule has 2 aliphatic heterocycles. The van der Waals surface area contributed by atoms with Crippen molar-refractivity contribution in [1.82, 2.24) is 4.57 Å². The van der Waals surface area contributed by atoms with Crippen molar-refractivity contribution in [2.45, 2.75) is 49.4 Å². The lowest BCUT2D eigenvalue weighted by atomic mass is 9.66. The minimum Gasteiger partial charge on any atom is -0.462 e. The lowest BCUT2D eigenvalue weighted by Crippen LogP contribution is -2.62. The highest BCUT2D eigenvalue weighted by Crippen LogP contribution is 2.51. The standard InChI is InChI=1S/C22H23NO7/c24-17-10-14-19(26)21(28)30-22(14,17)11-29-20(27)13-8-9-23-15(13)6-7-16(23)18(25)12-4-2-1-3-5-12/h1-7,13-14,17,19,21,24,26,28H,8-11H2/t13-,14?,17+,19?,21-,22?/m0/s1. The van der Waals surface area contributed by atoms with Crippen molar-refractivity contribution in [2.75, 3.05) is 6.61 Å². The number of aromatic nitrogens is 1. The maximum Gasteiger partial charge on any atom is 0.315 e. The fraction of sp³-hybridized carbons (Fsp3) is 0.455. The topological polar surface area (TPSA) is 118 Å². The van der Waals surface area contributed by atoms with Gasteiger partial charge in [-0.2, -0.15) is 0 Å². The Morgan fingerprint density at radius 3 is 2.60 bits per heavy atom. The highest BCUT2D eigenvalue weighted by Gasteiger charge is 2.66. The minimum atomic E-state index is -1.40. The van der Waals surface area contributed by atoms with Crippen molar-refractivity contribution in [1.29, 1.82) is 0 Å². The molecule has 0 radical (unpaired) electrons. The van der Waals surface area contributed by atoms with E-state index in [1.54, 1.807) is 24.3 Å². The number of ether oxygens (including phenoxy) is 2. The number of hydrogen-bond acceptors (Lipinski definition) is 7. The molecule has 30 heavy (non-hydrogen) atoms. The summed E-state index contributed by atoms with van der Waals surface area (Å²) in [6.45, 7) is 0.291. The lowest BCUT2D eigenvalue weighted by molar-refractivity contribution is -0.241. The third kappa shape index (κ3) is 2.75. The Morgan fingerprint density at radius 1 is 1.13 bits per heavy atom. The monoisotopic (exact) mass is 413 g/mol. The Balaban J connectivity index is 1.30. The number of esters is 1. The fourth-order valence-corrected chi connectivity index (χ4v) is 4.95. The molecule has 0 amide bonds. The van der Waals surface area contributed by atoms with E-state index in [9.17, 15) is 24.9 Å². The molecule has 2 fully saturated rings. The molecule has 2 aromatic rings. The van der Waals surface area contributed by atoms with Gasteiger partial charge in [0.1, 0.15) is 18.3 Å². The molecule has 6 atom stereocenters. The summed E-state index contributed by atoms with van der Waals surface area (Å²) in [5.74, 6) is -1.57. The average Bonchev–Trinajstić information content (AvgIpc) is 3.40. The second kappa shape index (κ2) is 7.02. The molecule has 8 heteroatoms. The maximum atomic E-state index is 12.8. The first-order chi connectivity index (χ1) is 14.4. The van der Waals surface area contributed by atoms with E-state index >= 15 is 0 Å². The van der Waals surface area contributed by atoms with Crippen LogP contribution in [0.3, 0.4) is 0 Å². The van der Waals surface area contributed by atoms with Crippen LogP contribution in [0.25, 0.3) is 0 Å². The number of carbonyl (C=O) groups excluding carboxylic acids is 2. The van der Waals surface area contributed by atoms with Gasteiger partial charge < -0.3 is 29.4 Å². The molecule has 8 nitrogen and oxygen atoms in total. The molecule has 1 aromatic carbocycles. The van der Waals surface area contributed by atoms with Gasteiger partial charge in [0.25, 0.3) is 0 Å². The van der Waals surface area contributed by atoms with Crippen molar-refractivity contribution in [2.24, 2.45) is 5.92 Å². The zero-order chi connectivity index (χ0) is 21.0. The number of aliphatic hydroxyl groups is 3. The summed E-state index contributed by atoms with van der Waals surface area (Å²) >= 11 is 0. The molecule has 0 spiro atoms. The predicted molar refractivity (Wildman–Crippen MR) is 103 cm³/mol. The smallest absolute Gasteiger partial charge is 0.315 e. The molecule has 158 valence electrons. The SMILES string of the molecule is O=C(c1ccccc1)c1ccc2n1CC[C@@H]2C(=O)OCC12O[C@H](O)C(O)C1C[C@H]2O. The van der Waals surface area contributed by atoms with E-state index in [4.69, 9.17) is 9.47 Å². The lowest BCUT2D eigenvalue weighted by Gasteiger charge is -2.47. The van der Waals surface area contributed by atoms with E-state index in [-0.39, 0.29) is 18.8 Å². The summed E-state index contributed by atoms with van der Waals surface area (Å²) in [6, 6.07) is 12.5. The van der Waals surface area contributed by atoms with Gasteiger partial charge in [0.15, 0.2) is 6.29 Å². The van der Waals surface area contributed by atoms with E-state index in [1.165, 1.54) is 0 Å². The van der Waals surface area contributed by atoms with Gasteiger partial charge in [-0.1, -0.05) is 30.3 Å². The third-order valence-electron chi connectivity index (χ3n) is 6.72. The van der Waals surface area contributed by atoms with Crippen molar-refractivity contribution < 1.29 is 34.4 Å². The molecule has 5 rings (SSSR count). The second-order valence-electron chi connectivity index (χ2n) is 8.25. The molecule has 1 aromatic heterocycles. The van der Waals surface area contributed by atoms with Gasteiger partial charge in [0.2, 0.25) is 5.78 Å². The molecule has 3 N–H and O–H groups in total. The quantitative estimate of drug-likeness (QED) is 0.485. The molecule has 1 saturated heterocycles. The molecular formula is C22H23NO7. The highest BCUT2D eigenvalue weighted by molar-refractivity contribution is 6.08. The molecule has 3 heterocycles. The fourth-order valence-electron chi connectivity index (χ4n) is 4.95. The molecule has 1 saturated carbocycles. The highest BCUT2D eigenvalue weighted by atomic mass is 16.7. The van der Waals surface area contributed by atoms with Gasteiger partial charge in [0, 0.05) is 23.7 Å². The number of nitrogens with zero attached hydrogens (tertiary/aromatic N) is 1. The number of hydrogen-bond donors (Lipinski definition) is 3. The number of ketones is 1. The summed E-state index contributed by atoms with van der Waals surface area (Å²) in [6.07, 6.45) is -2.63. The first kappa shape index (κ1) is 19.4. The maximum absolute atomic E-state index is 12.8. The van der Waals surface area contributed by atoms with Crippen LogP contribution in [-0.2, 0) is 20.8 Å². The van der Waals surface area contributed by atoms with E-state index in [2.05, 4.69) is 0 Å². The Bertz CT molecular complexity index is 987. The van der Waals surface area contributed by atoms with Gasteiger partial charge >= 0.3 is 5.97 Å². The van der Waals surface area contributed by atoms with Crippen LogP contribution in [0.1, 0.15) is 40.5 Å². The van der Waals surface area contributed by atoms with Gasteiger partial charge in [0.05, 0.1) is 17.7 Å². The zero-order valence-electron chi connectivity index (χ0n) is 16.2. The Hall–Kier alpha value is -2.52. The van der Waals surface area contributed by atoms with Crippen molar-refractivity contribution in [3.63, 3.8) is 0 Å². The first-order valence-corrected chi connectivity index (χ1v) is 10.1. The summed E-state index contributed by atoms with van der Waals surface area (Å²) < 4.78 is 12.7. The van der Waals surface area contributed by atoms with Crippen molar-refractivity contribution >= 4 is 11.8 Å². The molecule has 3 unspecified atom stereocenters. The van der Waals surface area contributed by atoms with E-state index in [0.717, 1.165) is 5.69 Å². The van der Waals surface area contributed by atoms with Crippen LogP contribution in [0.2, 0.25) is 0 Å². The van der Waals surface area contributed by atoms with Crippen LogP contribution < -0.4 is 0 Å². The van der Waals surface area contributed by atoms with Crippen LogP contribution in [-0.4, -0.2) is 62.3 Å². The zero-order valence-corrected chi connectivity index (χ0v) is 16.2. The van der Waals surface area contributed by atoms with Crippen LogP contribution >= 0.6 is 0 Å². The van der Waals surface area contributed by atoms with E-state index < -0.39 is 41.9 Å². The third-order valence-corrected chi connectivity index (χ3v) is 6.72. The Labute approximate surface area is 172 Å². The summed E-state index contributed by atoms with van der Waals surface area (Å²) in [5.41, 5.74) is 0.577. The summed E-state index contributed by atoms with van der Waals surface area (Å²) in [5, 5.41) is 29.9. The second-order valence-corrected chi connectivity index (χ2v) is 8.25. The molecule has 3 aliphatic rings. The largest absolute Gasteiger partial charge is 0.462 e. The number of carbonyl (C=O) groups is 2. The molecular weight excluding hydrogens is 390 g/mol. The number of benzene rings is 1. The van der Waals surface area contributed by atoms with Crippen LogP contribution in [0.15, 0.2) is 42.5 Å². The predicted octanol–water partition coefficient (Wildman–Crippen LogP) is 0.579. The summed E-state index contributed by atoms with van der Waals surface area (Å²) in [7, 11) is 0. The first-order valence-electron chi connectivity index (χ1n) is 10.1. The summed E-state index contributed by atoms with van der Waals surface area (Å²) in [4.78, 5) is 25.6. The van der Waals surface area contributed by atoms with Gasteiger partial charge in [-0.3, -0.25) is 9.59 Å². The van der Waals surface area contributed by atoms with Crippen LogP contribution in [0.5, 0.6) is 0 Å². The van der Waals surface area contributed by atoms with Gasteiger partial charge in [-0.05, 0) is 25.0 Å². The van der Waals surface area contributed by atoms with E-state index in [0.29, 0.717) is 24.2 Å². The number of rotatable bonds is 5. The van der Waals surface area contributed by atoms with Gasteiger partial charge in [-0.15, -0.1) is 0 Å². The van der Waals surface area contributed by atoms with Crippen LogP contribution in [0.4, 0.5) is 0 Å². The number of fused-ring (bicyclic) bond motifs is 2.